The van der Waals surface area contributed by atoms with Crippen molar-refractivity contribution in [2.24, 2.45) is 5.41 Å². The van der Waals surface area contributed by atoms with Gasteiger partial charge in [0, 0.05) is 16.1 Å². The number of rotatable bonds is 5. The third kappa shape index (κ3) is 4.13. The number of benzene rings is 2. The first-order valence-corrected chi connectivity index (χ1v) is 7.96. The van der Waals surface area contributed by atoms with Crippen molar-refractivity contribution in [1.82, 2.24) is 0 Å². The van der Waals surface area contributed by atoms with Gasteiger partial charge in [0.1, 0.15) is 18.2 Å². The van der Waals surface area contributed by atoms with E-state index in [1.807, 2.05) is 30.3 Å². The van der Waals surface area contributed by atoms with Crippen LogP contribution in [0.5, 0.6) is 5.75 Å². The van der Waals surface area contributed by atoms with Crippen molar-refractivity contribution in [3.8, 4) is 18.1 Å². The van der Waals surface area contributed by atoms with Crippen LogP contribution >= 0.6 is 15.9 Å². The Hall–Kier alpha value is -1.83. The molecule has 0 amide bonds. The van der Waals surface area contributed by atoms with Crippen molar-refractivity contribution in [3.05, 3.63) is 63.9 Å². The summed E-state index contributed by atoms with van der Waals surface area (Å²) in [4.78, 5) is 0. The molecule has 23 heavy (non-hydrogen) atoms. The molecule has 1 N–H and O–H groups in total. The molecule has 2 nitrogen and oxygen atoms in total. The van der Waals surface area contributed by atoms with E-state index in [9.17, 15) is 9.50 Å². The number of terminal acetylenes is 1. The standard InChI is InChI=1S/C19H18BrFO2/c1-4-19(2,3)18(22)17-15(20)10-14(21)11-16(17)23-12-13-8-6-5-7-9-13/h1,5-11,18,22H,12H2,2-3H3. The maximum Gasteiger partial charge on any atom is 0.129 e. The van der Waals surface area contributed by atoms with E-state index >= 15 is 0 Å². The summed E-state index contributed by atoms with van der Waals surface area (Å²) >= 11 is 3.30. The second-order valence-corrected chi connectivity index (χ2v) is 6.70. The van der Waals surface area contributed by atoms with E-state index in [0.29, 0.717) is 10.0 Å². The molecule has 0 fully saturated rings. The molecule has 0 saturated carbocycles. The van der Waals surface area contributed by atoms with Crippen LogP contribution in [0, 0.1) is 23.6 Å². The summed E-state index contributed by atoms with van der Waals surface area (Å²) in [5.74, 6) is 2.39. The molecule has 0 aliphatic heterocycles. The van der Waals surface area contributed by atoms with Gasteiger partial charge in [-0.3, -0.25) is 0 Å². The average Bonchev–Trinajstić information content (AvgIpc) is 2.53. The van der Waals surface area contributed by atoms with E-state index in [2.05, 4.69) is 21.9 Å². The summed E-state index contributed by atoms with van der Waals surface area (Å²) in [6, 6.07) is 12.1. The first-order chi connectivity index (χ1) is 10.8. The number of hydrogen-bond acceptors (Lipinski definition) is 2. The Labute approximate surface area is 144 Å². The topological polar surface area (TPSA) is 29.5 Å². The summed E-state index contributed by atoms with van der Waals surface area (Å²) in [7, 11) is 0. The number of aliphatic hydroxyl groups excluding tert-OH is 1. The van der Waals surface area contributed by atoms with Crippen molar-refractivity contribution in [2.75, 3.05) is 0 Å². The number of aliphatic hydroxyl groups is 1. The molecule has 1 unspecified atom stereocenters. The largest absolute Gasteiger partial charge is 0.488 e. The van der Waals surface area contributed by atoms with E-state index in [4.69, 9.17) is 11.2 Å². The quantitative estimate of drug-likeness (QED) is 0.755. The third-order valence-corrected chi connectivity index (χ3v) is 4.28. The van der Waals surface area contributed by atoms with Crippen LogP contribution in [0.2, 0.25) is 0 Å². The van der Waals surface area contributed by atoms with Crippen LogP contribution in [0.3, 0.4) is 0 Å². The molecule has 0 bridgehead atoms. The van der Waals surface area contributed by atoms with E-state index in [0.717, 1.165) is 5.56 Å². The van der Waals surface area contributed by atoms with Gasteiger partial charge in [0.2, 0.25) is 0 Å². The Morgan fingerprint density at radius 3 is 2.57 bits per heavy atom. The van der Waals surface area contributed by atoms with Gasteiger partial charge in [0.05, 0.1) is 11.5 Å². The Morgan fingerprint density at radius 1 is 1.30 bits per heavy atom. The fourth-order valence-corrected chi connectivity index (χ4v) is 2.75. The van der Waals surface area contributed by atoms with Crippen LogP contribution in [0.4, 0.5) is 4.39 Å². The molecule has 0 aromatic heterocycles. The lowest BCUT2D eigenvalue weighted by atomic mass is 9.83. The molecule has 0 aliphatic carbocycles. The van der Waals surface area contributed by atoms with E-state index in [1.54, 1.807) is 13.8 Å². The lowest BCUT2D eigenvalue weighted by Crippen LogP contribution is -2.21. The van der Waals surface area contributed by atoms with E-state index in [-0.39, 0.29) is 12.4 Å². The second kappa shape index (κ2) is 7.16. The average molecular weight is 377 g/mol. The predicted octanol–water partition coefficient (Wildman–Crippen LogP) is 4.86. The predicted molar refractivity (Wildman–Crippen MR) is 92.4 cm³/mol. The Bertz CT molecular complexity index is 720. The summed E-state index contributed by atoms with van der Waals surface area (Å²) in [5, 5.41) is 10.6. The van der Waals surface area contributed by atoms with Gasteiger partial charge in [-0.1, -0.05) is 52.2 Å². The highest BCUT2D eigenvalue weighted by molar-refractivity contribution is 9.10. The van der Waals surface area contributed by atoms with Crippen LogP contribution in [0.15, 0.2) is 46.9 Å². The second-order valence-electron chi connectivity index (χ2n) is 5.84. The van der Waals surface area contributed by atoms with Gasteiger partial charge in [-0.05, 0) is 25.5 Å². The molecule has 0 saturated heterocycles. The van der Waals surface area contributed by atoms with Gasteiger partial charge in [0.25, 0.3) is 0 Å². The SMILES string of the molecule is C#CC(C)(C)C(O)c1c(Br)cc(F)cc1OCc1ccccc1. The van der Waals surface area contributed by atoms with Gasteiger partial charge >= 0.3 is 0 Å². The molecule has 2 aromatic carbocycles. The van der Waals surface area contributed by atoms with Crippen molar-refractivity contribution in [3.63, 3.8) is 0 Å². The van der Waals surface area contributed by atoms with Gasteiger partial charge in [0.15, 0.2) is 0 Å². The minimum absolute atomic E-state index is 0.271. The smallest absolute Gasteiger partial charge is 0.129 e. The molecule has 4 heteroatoms. The van der Waals surface area contributed by atoms with Gasteiger partial charge in [-0.25, -0.2) is 4.39 Å². The van der Waals surface area contributed by atoms with Crippen LogP contribution in [0.1, 0.15) is 31.1 Å². The third-order valence-electron chi connectivity index (χ3n) is 3.62. The fraction of sp³-hybridized carbons (Fsp3) is 0.263. The van der Waals surface area contributed by atoms with Crippen LogP contribution in [0.25, 0.3) is 0 Å². The summed E-state index contributed by atoms with van der Waals surface area (Å²) < 4.78 is 19.9. The molecule has 2 aromatic rings. The highest BCUT2D eigenvalue weighted by Gasteiger charge is 2.31. The number of hydrogen-bond donors (Lipinski definition) is 1. The normalized spacial score (nSPS) is 12.5. The van der Waals surface area contributed by atoms with Gasteiger partial charge in [-0.2, -0.15) is 0 Å². The first-order valence-electron chi connectivity index (χ1n) is 7.16. The molecular weight excluding hydrogens is 359 g/mol. The van der Waals surface area contributed by atoms with Crippen LogP contribution in [-0.4, -0.2) is 5.11 Å². The van der Waals surface area contributed by atoms with Gasteiger partial charge in [-0.15, -0.1) is 6.42 Å². The maximum atomic E-state index is 13.7. The Balaban J connectivity index is 2.37. The molecule has 120 valence electrons. The van der Waals surface area contributed by atoms with Crippen molar-refractivity contribution in [2.45, 2.75) is 26.6 Å². The summed E-state index contributed by atoms with van der Waals surface area (Å²) in [5.41, 5.74) is 0.584. The monoisotopic (exact) mass is 376 g/mol. The zero-order valence-corrected chi connectivity index (χ0v) is 14.6. The van der Waals surface area contributed by atoms with Crippen molar-refractivity contribution < 1.29 is 14.2 Å². The zero-order valence-electron chi connectivity index (χ0n) is 13.0. The lowest BCUT2D eigenvalue weighted by molar-refractivity contribution is 0.0835. The molecule has 2 rings (SSSR count). The molecule has 1 atom stereocenters. The molecule has 0 radical (unpaired) electrons. The van der Waals surface area contributed by atoms with Crippen LogP contribution < -0.4 is 4.74 Å². The Morgan fingerprint density at radius 2 is 1.96 bits per heavy atom. The summed E-state index contributed by atoms with van der Waals surface area (Å²) in [6.45, 7) is 3.76. The molecule has 0 spiro atoms. The number of halogens is 2. The highest BCUT2D eigenvalue weighted by atomic mass is 79.9. The van der Waals surface area contributed by atoms with Gasteiger partial charge < -0.3 is 9.84 Å². The minimum Gasteiger partial charge on any atom is -0.488 e. The number of ether oxygens (including phenoxy) is 1. The van der Waals surface area contributed by atoms with Crippen molar-refractivity contribution >= 4 is 15.9 Å². The molecule has 0 heterocycles. The zero-order chi connectivity index (χ0) is 17.0. The minimum atomic E-state index is -0.992. The lowest BCUT2D eigenvalue weighted by Gasteiger charge is -2.27. The van der Waals surface area contributed by atoms with Crippen LogP contribution in [-0.2, 0) is 6.61 Å². The summed E-state index contributed by atoms with van der Waals surface area (Å²) in [6.07, 6.45) is 4.51. The van der Waals surface area contributed by atoms with Crippen molar-refractivity contribution in [1.29, 1.82) is 0 Å². The first kappa shape index (κ1) is 17.5. The Kier molecular flexibility index (Phi) is 5.46. The fourth-order valence-electron chi connectivity index (χ4n) is 2.12. The van der Waals surface area contributed by atoms with E-state index < -0.39 is 17.3 Å². The maximum absolute atomic E-state index is 13.7. The molecular formula is C19H18BrFO2. The van der Waals surface area contributed by atoms with E-state index in [1.165, 1.54) is 12.1 Å². The highest BCUT2D eigenvalue weighted by Crippen LogP contribution is 2.42. The molecule has 0 aliphatic rings.